The van der Waals surface area contributed by atoms with Crippen LogP contribution in [0.3, 0.4) is 0 Å². The van der Waals surface area contributed by atoms with Gasteiger partial charge in [0, 0.05) is 30.0 Å². The third-order valence-corrected chi connectivity index (χ3v) is 6.75. The maximum absolute atomic E-state index is 12.9. The molecule has 2 aliphatic heterocycles. The number of benzene rings is 2. The standard InChI is InChI=1S/C27H29N3O6S/c1-3-5-19-14-18(15-22(25(19)32)36-4-2)16-23-26(33)30(27(34)37-23)17-24(31)28-20-6-8-21(9-7-20)29-10-12-35-13-11-29/h3,6-9,14-16,32H,1,4-5,10-13,17H2,2H3,(H,28,31)/b23-16-. The molecule has 2 heterocycles. The number of thioether (sulfide) groups is 1. The number of anilines is 2. The highest BCUT2D eigenvalue weighted by Crippen LogP contribution is 2.36. The second-order valence-electron chi connectivity index (χ2n) is 8.41. The molecule has 3 amide bonds. The number of nitrogens with one attached hydrogen (secondary N) is 1. The number of carbonyl (C=O) groups is 3. The second kappa shape index (κ2) is 12.0. The molecule has 2 aromatic rings. The van der Waals surface area contributed by atoms with Crippen LogP contribution in [0.25, 0.3) is 6.08 Å². The summed E-state index contributed by atoms with van der Waals surface area (Å²) in [6, 6.07) is 10.7. The van der Waals surface area contributed by atoms with Gasteiger partial charge < -0.3 is 24.8 Å². The third kappa shape index (κ3) is 6.33. The molecule has 10 heteroatoms. The van der Waals surface area contributed by atoms with Gasteiger partial charge >= 0.3 is 0 Å². The fourth-order valence-electron chi connectivity index (χ4n) is 4.06. The number of phenols is 1. The summed E-state index contributed by atoms with van der Waals surface area (Å²) in [6.45, 7) is 8.44. The Bertz CT molecular complexity index is 1220. The summed E-state index contributed by atoms with van der Waals surface area (Å²) in [4.78, 5) is 41.4. The Labute approximate surface area is 219 Å². The number of allylic oxidation sites excluding steroid dienone is 1. The number of aromatic hydroxyl groups is 1. The third-order valence-electron chi connectivity index (χ3n) is 5.84. The highest BCUT2D eigenvalue weighted by molar-refractivity contribution is 8.18. The number of carbonyl (C=O) groups excluding carboxylic acids is 3. The van der Waals surface area contributed by atoms with Crippen LogP contribution in [-0.4, -0.2) is 66.5 Å². The largest absolute Gasteiger partial charge is 0.504 e. The molecule has 0 saturated carbocycles. The number of hydrogen-bond donors (Lipinski definition) is 2. The average molecular weight is 524 g/mol. The number of amides is 3. The van der Waals surface area contributed by atoms with Crippen molar-refractivity contribution in [3.05, 3.63) is 65.1 Å². The van der Waals surface area contributed by atoms with E-state index < -0.39 is 23.6 Å². The van der Waals surface area contributed by atoms with Crippen molar-refractivity contribution in [2.75, 3.05) is 49.7 Å². The number of nitrogens with zero attached hydrogens (tertiary/aromatic N) is 2. The fourth-order valence-corrected chi connectivity index (χ4v) is 4.90. The summed E-state index contributed by atoms with van der Waals surface area (Å²) < 4.78 is 10.9. The molecule has 9 nitrogen and oxygen atoms in total. The quantitative estimate of drug-likeness (QED) is 0.375. The highest BCUT2D eigenvalue weighted by Gasteiger charge is 2.36. The molecule has 0 aliphatic carbocycles. The van der Waals surface area contributed by atoms with Crippen LogP contribution in [0, 0.1) is 0 Å². The van der Waals surface area contributed by atoms with E-state index in [9.17, 15) is 19.5 Å². The van der Waals surface area contributed by atoms with Crippen LogP contribution < -0.4 is 15.0 Å². The van der Waals surface area contributed by atoms with Crippen LogP contribution in [0.15, 0.2) is 54.0 Å². The molecule has 0 radical (unpaired) electrons. The number of morpholine rings is 1. The van der Waals surface area contributed by atoms with Crippen molar-refractivity contribution < 1.29 is 29.0 Å². The molecule has 194 valence electrons. The molecule has 2 N–H and O–H groups in total. The van der Waals surface area contributed by atoms with Crippen LogP contribution in [0.5, 0.6) is 11.5 Å². The maximum Gasteiger partial charge on any atom is 0.294 e. The SMILES string of the molecule is C=CCc1cc(/C=C2\SC(=O)N(CC(=O)Nc3ccc(N4CCOCC4)cc3)C2=O)cc(OCC)c1O. The van der Waals surface area contributed by atoms with Gasteiger partial charge in [0.05, 0.1) is 24.7 Å². The number of phenolic OH excluding ortho intramolecular Hbond substituents is 1. The molecule has 2 aliphatic rings. The smallest absolute Gasteiger partial charge is 0.294 e. The molecule has 2 fully saturated rings. The summed E-state index contributed by atoms with van der Waals surface area (Å²) in [5, 5.41) is 12.6. The minimum absolute atomic E-state index is 0.0154. The lowest BCUT2D eigenvalue weighted by atomic mass is 10.1. The minimum Gasteiger partial charge on any atom is -0.504 e. The predicted octanol–water partition coefficient (Wildman–Crippen LogP) is 4.03. The zero-order valence-corrected chi connectivity index (χ0v) is 21.4. The van der Waals surface area contributed by atoms with Gasteiger partial charge in [-0.25, -0.2) is 0 Å². The van der Waals surface area contributed by atoms with E-state index in [1.165, 1.54) is 0 Å². The second-order valence-corrected chi connectivity index (χ2v) is 9.41. The molecule has 4 rings (SSSR count). The molecule has 0 aromatic heterocycles. The number of ether oxygens (including phenoxy) is 2. The Hall–Kier alpha value is -3.76. The van der Waals surface area contributed by atoms with E-state index in [2.05, 4.69) is 16.8 Å². The van der Waals surface area contributed by atoms with Gasteiger partial charge in [-0.3, -0.25) is 19.3 Å². The van der Waals surface area contributed by atoms with Gasteiger partial charge in [-0.1, -0.05) is 6.08 Å². The van der Waals surface area contributed by atoms with Crippen molar-refractivity contribution in [3.63, 3.8) is 0 Å². The number of hydrogen-bond acceptors (Lipinski definition) is 8. The number of imide groups is 1. The van der Waals surface area contributed by atoms with E-state index in [1.54, 1.807) is 43.3 Å². The monoisotopic (exact) mass is 523 g/mol. The Balaban J connectivity index is 1.42. The van der Waals surface area contributed by atoms with Crippen molar-refractivity contribution in [1.82, 2.24) is 4.90 Å². The molecule has 0 bridgehead atoms. The van der Waals surface area contributed by atoms with Crippen molar-refractivity contribution in [2.24, 2.45) is 0 Å². The first-order valence-corrected chi connectivity index (χ1v) is 12.8. The van der Waals surface area contributed by atoms with Crippen LogP contribution in [0.2, 0.25) is 0 Å². The van der Waals surface area contributed by atoms with Crippen molar-refractivity contribution in [3.8, 4) is 11.5 Å². The molecule has 2 aromatic carbocycles. The molecule has 0 spiro atoms. The lowest BCUT2D eigenvalue weighted by molar-refractivity contribution is -0.127. The molecule has 37 heavy (non-hydrogen) atoms. The predicted molar refractivity (Wildman–Crippen MR) is 144 cm³/mol. The average Bonchev–Trinajstić information content (AvgIpc) is 3.15. The Kier molecular flexibility index (Phi) is 8.52. The summed E-state index contributed by atoms with van der Waals surface area (Å²) in [6.07, 6.45) is 3.61. The summed E-state index contributed by atoms with van der Waals surface area (Å²) in [7, 11) is 0. The number of rotatable bonds is 9. The van der Waals surface area contributed by atoms with Crippen LogP contribution >= 0.6 is 11.8 Å². The molecular weight excluding hydrogens is 494 g/mol. The van der Waals surface area contributed by atoms with Crippen molar-refractivity contribution in [1.29, 1.82) is 0 Å². The van der Waals surface area contributed by atoms with E-state index in [0.717, 1.165) is 35.4 Å². The Morgan fingerprint density at radius 3 is 2.62 bits per heavy atom. The first-order valence-electron chi connectivity index (χ1n) is 12.0. The topological polar surface area (TPSA) is 108 Å². The Morgan fingerprint density at radius 2 is 1.95 bits per heavy atom. The van der Waals surface area contributed by atoms with Crippen LogP contribution in [0.1, 0.15) is 18.1 Å². The Morgan fingerprint density at radius 1 is 1.22 bits per heavy atom. The molecular formula is C27H29N3O6S. The van der Waals surface area contributed by atoms with Crippen molar-refractivity contribution in [2.45, 2.75) is 13.3 Å². The zero-order valence-electron chi connectivity index (χ0n) is 20.6. The summed E-state index contributed by atoms with van der Waals surface area (Å²) in [5.41, 5.74) is 2.79. The van der Waals surface area contributed by atoms with Gasteiger partial charge in [0.15, 0.2) is 11.5 Å². The molecule has 2 saturated heterocycles. The van der Waals surface area contributed by atoms with Gasteiger partial charge in [-0.05, 0) is 73.1 Å². The zero-order chi connectivity index (χ0) is 26.4. The van der Waals surface area contributed by atoms with E-state index in [4.69, 9.17) is 9.47 Å². The van der Waals surface area contributed by atoms with Crippen LogP contribution in [-0.2, 0) is 20.7 Å². The van der Waals surface area contributed by atoms with E-state index in [0.29, 0.717) is 43.1 Å². The van der Waals surface area contributed by atoms with Gasteiger partial charge in [-0.2, -0.15) is 0 Å². The van der Waals surface area contributed by atoms with Crippen molar-refractivity contribution >= 4 is 46.3 Å². The minimum atomic E-state index is -0.552. The van der Waals surface area contributed by atoms with E-state index in [-0.39, 0.29) is 16.4 Å². The normalized spacial score (nSPS) is 16.8. The van der Waals surface area contributed by atoms with Gasteiger partial charge in [-0.15, -0.1) is 6.58 Å². The summed E-state index contributed by atoms with van der Waals surface area (Å²) in [5.74, 6) is -0.726. The first-order chi connectivity index (χ1) is 17.9. The van der Waals surface area contributed by atoms with E-state index >= 15 is 0 Å². The van der Waals surface area contributed by atoms with E-state index in [1.807, 2.05) is 12.1 Å². The molecule has 0 unspecified atom stereocenters. The van der Waals surface area contributed by atoms with Crippen LogP contribution in [0.4, 0.5) is 16.2 Å². The lowest BCUT2D eigenvalue weighted by Gasteiger charge is -2.28. The highest BCUT2D eigenvalue weighted by atomic mass is 32.2. The fraction of sp³-hybridized carbons (Fsp3) is 0.296. The summed E-state index contributed by atoms with van der Waals surface area (Å²) >= 11 is 0.765. The van der Waals surface area contributed by atoms with Gasteiger partial charge in [0.1, 0.15) is 6.54 Å². The van der Waals surface area contributed by atoms with Gasteiger partial charge in [0.2, 0.25) is 5.91 Å². The molecule has 0 atom stereocenters. The lowest BCUT2D eigenvalue weighted by Crippen LogP contribution is -2.36. The van der Waals surface area contributed by atoms with Gasteiger partial charge in [0.25, 0.3) is 11.1 Å². The maximum atomic E-state index is 12.9. The first kappa shape index (κ1) is 26.3.